The van der Waals surface area contributed by atoms with Gasteiger partial charge in [-0.05, 0) is 30.3 Å². The average molecular weight is 296 g/mol. The summed E-state index contributed by atoms with van der Waals surface area (Å²) < 4.78 is 39.0. The third kappa shape index (κ3) is 3.08. The minimum absolute atomic E-state index is 0.0233. The molecule has 0 radical (unpaired) electrons. The first-order chi connectivity index (χ1) is 9.49. The van der Waals surface area contributed by atoms with Gasteiger partial charge in [-0.15, -0.1) is 0 Å². The van der Waals surface area contributed by atoms with Crippen LogP contribution in [-0.2, 0) is 16.6 Å². The van der Waals surface area contributed by atoms with Gasteiger partial charge in [0, 0.05) is 10.5 Å². The molecule has 1 unspecified atom stereocenters. The molecule has 20 heavy (non-hydrogen) atoms. The van der Waals surface area contributed by atoms with Crippen molar-refractivity contribution < 1.29 is 22.9 Å². The number of carboxylic acids is 1. The van der Waals surface area contributed by atoms with Gasteiger partial charge in [0.15, 0.2) is 0 Å². The molecule has 0 aliphatic rings. The molecule has 0 spiro atoms. The number of hydrogen-bond acceptors (Lipinski definition) is 2. The SMILES string of the molecule is O=C(O)c1cccc(S(=O)Cc2c(F)cccc2F)c1. The molecule has 1 N–H and O–H groups in total. The van der Waals surface area contributed by atoms with Gasteiger partial charge in [0.1, 0.15) is 11.6 Å². The maximum absolute atomic E-state index is 13.5. The van der Waals surface area contributed by atoms with Crippen molar-refractivity contribution in [3.8, 4) is 0 Å². The van der Waals surface area contributed by atoms with E-state index in [1.807, 2.05) is 0 Å². The van der Waals surface area contributed by atoms with Crippen LogP contribution in [0.25, 0.3) is 0 Å². The minimum Gasteiger partial charge on any atom is -0.478 e. The molecular formula is C14H10F2O3S. The fourth-order valence-corrected chi connectivity index (χ4v) is 2.85. The number of rotatable bonds is 4. The third-order valence-electron chi connectivity index (χ3n) is 2.68. The van der Waals surface area contributed by atoms with Gasteiger partial charge in [-0.2, -0.15) is 0 Å². The Hall–Kier alpha value is -2.08. The van der Waals surface area contributed by atoms with Crippen molar-refractivity contribution in [2.24, 2.45) is 0 Å². The topological polar surface area (TPSA) is 54.4 Å². The van der Waals surface area contributed by atoms with Gasteiger partial charge in [0.25, 0.3) is 0 Å². The van der Waals surface area contributed by atoms with Crippen LogP contribution in [0.15, 0.2) is 47.4 Å². The highest BCUT2D eigenvalue weighted by Gasteiger charge is 2.14. The Balaban J connectivity index is 2.29. The largest absolute Gasteiger partial charge is 0.478 e. The number of carboxylic acid groups (broad SMARTS) is 1. The van der Waals surface area contributed by atoms with E-state index in [4.69, 9.17) is 5.11 Å². The lowest BCUT2D eigenvalue weighted by Gasteiger charge is -2.06. The molecule has 0 aromatic heterocycles. The quantitative estimate of drug-likeness (QED) is 0.943. The van der Waals surface area contributed by atoms with Gasteiger partial charge >= 0.3 is 5.97 Å². The highest BCUT2D eigenvalue weighted by atomic mass is 32.2. The van der Waals surface area contributed by atoms with Gasteiger partial charge in [0.2, 0.25) is 0 Å². The van der Waals surface area contributed by atoms with Crippen molar-refractivity contribution in [1.82, 2.24) is 0 Å². The number of hydrogen-bond donors (Lipinski definition) is 1. The third-order valence-corrected chi connectivity index (χ3v) is 4.01. The van der Waals surface area contributed by atoms with E-state index in [1.54, 1.807) is 0 Å². The summed E-state index contributed by atoms with van der Waals surface area (Å²) in [6.45, 7) is 0. The Morgan fingerprint density at radius 2 is 1.70 bits per heavy atom. The Kier molecular flexibility index (Phi) is 4.24. The molecule has 104 valence electrons. The van der Waals surface area contributed by atoms with Crippen molar-refractivity contribution in [3.63, 3.8) is 0 Å². The van der Waals surface area contributed by atoms with Crippen LogP contribution in [0.2, 0.25) is 0 Å². The second kappa shape index (κ2) is 5.92. The summed E-state index contributed by atoms with van der Waals surface area (Å²) in [7, 11) is -1.73. The van der Waals surface area contributed by atoms with E-state index >= 15 is 0 Å². The van der Waals surface area contributed by atoms with Crippen LogP contribution < -0.4 is 0 Å². The normalized spacial score (nSPS) is 12.1. The smallest absolute Gasteiger partial charge is 0.335 e. The van der Waals surface area contributed by atoms with Crippen LogP contribution in [0.4, 0.5) is 8.78 Å². The molecule has 0 saturated carbocycles. The Labute approximate surface area is 116 Å². The van der Waals surface area contributed by atoms with Crippen molar-refractivity contribution >= 4 is 16.8 Å². The van der Waals surface area contributed by atoms with Crippen LogP contribution in [-0.4, -0.2) is 15.3 Å². The molecule has 2 aromatic carbocycles. The van der Waals surface area contributed by atoms with Crippen LogP contribution in [0.5, 0.6) is 0 Å². The molecule has 0 fully saturated rings. The van der Waals surface area contributed by atoms with Gasteiger partial charge in [-0.1, -0.05) is 12.1 Å². The Morgan fingerprint density at radius 1 is 1.10 bits per heavy atom. The molecule has 0 amide bonds. The predicted octanol–water partition coefficient (Wildman–Crippen LogP) is 2.97. The summed E-state index contributed by atoms with van der Waals surface area (Å²) in [5.74, 6) is -3.04. The summed E-state index contributed by atoms with van der Waals surface area (Å²) in [6, 6.07) is 8.88. The van der Waals surface area contributed by atoms with E-state index in [2.05, 4.69) is 0 Å². The van der Waals surface area contributed by atoms with E-state index in [0.717, 1.165) is 12.1 Å². The van der Waals surface area contributed by atoms with Gasteiger partial charge < -0.3 is 5.11 Å². The van der Waals surface area contributed by atoms with E-state index in [-0.39, 0.29) is 21.8 Å². The summed E-state index contributed by atoms with van der Waals surface area (Å²) in [5.41, 5.74) is -0.295. The van der Waals surface area contributed by atoms with E-state index in [9.17, 15) is 17.8 Å². The molecule has 2 rings (SSSR count). The van der Waals surface area contributed by atoms with Crippen molar-refractivity contribution in [2.45, 2.75) is 10.6 Å². The lowest BCUT2D eigenvalue weighted by molar-refractivity contribution is 0.0696. The molecule has 6 heteroatoms. The van der Waals surface area contributed by atoms with Crippen molar-refractivity contribution in [3.05, 3.63) is 65.2 Å². The van der Waals surface area contributed by atoms with Gasteiger partial charge in [-0.3, -0.25) is 4.21 Å². The molecule has 1 atom stereocenters. The number of carbonyl (C=O) groups is 1. The summed E-state index contributed by atoms with van der Waals surface area (Å²) in [4.78, 5) is 11.0. The summed E-state index contributed by atoms with van der Waals surface area (Å²) >= 11 is 0. The monoisotopic (exact) mass is 296 g/mol. The van der Waals surface area contributed by atoms with Crippen LogP contribution in [0.1, 0.15) is 15.9 Å². The van der Waals surface area contributed by atoms with E-state index in [1.165, 1.54) is 30.3 Å². The van der Waals surface area contributed by atoms with E-state index in [0.29, 0.717) is 0 Å². The highest BCUT2D eigenvalue weighted by molar-refractivity contribution is 7.84. The lowest BCUT2D eigenvalue weighted by Crippen LogP contribution is -2.03. The first-order valence-electron chi connectivity index (χ1n) is 5.63. The number of benzene rings is 2. The number of aromatic carboxylic acids is 1. The first-order valence-corrected chi connectivity index (χ1v) is 6.95. The lowest BCUT2D eigenvalue weighted by atomic mass is 10.2. The van der Waals surface area contributed by atoms with Crippen molar-refractivity contribution in [1.29, 1.82) is 0 Å². The zero-order valence-electron chi connectivity index (χ0n) is 10.2. The van der Waals surface area contributed by atoms with Gasteiger partial charge in [-0.25, -0.2) is 13.6 Å². The van der Waals surface area contributed by atoms with Crippen LogP contribution in [0, 0.1) is 11.6 Å². The zero-order chi connectivity index (χ0) is 14.7. The first kappa shape index (κ1) is 14.3. The maximum Gasteiger partial charge on any atom is 0.335 e. The molecule has 0 saturated heterocycles. The van der Waals surface area contributed by atoms with E-state index < -0.39 is 28.4 Å². The predicted molar refractivity (Wildman–Crippen MR) is 69.9 cm³/mol. The average Bonchev–Trinajstić information content (AvgIpc) is 2.43. The number of halogens is 2. The van der Waals surface area contributed by atoms with Gasteiger partial charge in [0.05, 0.1) is 22.1 Å². The second-order valence-electron chi connectivity index (χ2n) is 4.02. The Morgan fingerprint density at radius 3 is 2.30 bits per heavy atom. The molecule has 0 aliphatic heterocycles. The zero-order valence-corrected chi connectivity index (χ0v) is 11.0. The summed E-state index contributed by atoms with van der Waals surface area (Å²) in [5, 5.41) is 8.85. The van der Waals surface area contributed by atoms with Crippen LogP contribution >= 0.6 is 0 Å². The standard InChI is InChI=1S/C14H10F2O3S/c15-12-5-2-6-13(16)11(12)8-20(19)10-4-1-3-9(7-10)14(17)18/h1-7H,8H2,(H,17,18). The molecule has 0 heterocycles. The molecule has 3 nitrogen and oxygen atoms in total. The fraction of sp³-hybridized carbons (Fsp3) is 0.0714. The summed E-state index contributed by atoms with van der Waals surface area (Å²) in [6.07, 6.45) is 0. The highest BCUT2D eigenvalue weighted by Crippen LogP contribution is 2.18. The van der Waals surface area contributed by atoms with Crippen LogP contribution in [0.3, 0.4) is 0 Å². The molecule has 2 aromatic rings. The maximum atomic E-state index is 13.5. The second-order valence-corrected chi connectivity index (χ2v) is 5.47. The molecular weight excluding hydrogens is 286 g/mol. The fourth-order valence-electron chi connectivity index (χ4n) is 1.66. The Bertz CT molecular complexity index is 666. The molecule has 0 bridgehead atoms. The molecule has 0 aliphatic carbocycles. The minimum atomic E-state index is -1.73. The van der Waals surface area contributed by atoms with Crippen molar-refractivity contribution in [2.75, 3.05) is 0 Å².